The van der Waals surface area contributed by atoms with Gasteiger partial charge in [0.25, 0.3) is 11.8 Å². The van der Waals surface area contributed by atoms with Crippen molar-refractivity contribution in [2.24, 2.45) is 0 Å². The number of rotatable bonds is 4. The number of carbonyl (C=O) groups excluding carboxylic acids is 1. The normalized spacial score (nSPS) is 18.2. The molecule has 0 spiro atoms. The molecule has 12 heteroatoms. The van der Waals surface area contributed by atoms with E-state index >= 15 is 0 Å². The van der Waals surface area contributed by atoms with Gasteiger partial charge >= 0.3 is 6.18 Å². The fourth-order valence-corrected chi connectivity index (χ4v) is 4.13. The SMILES string of the molecule is Cc1c(C(F)(F)F)cnc(N2CCC(F)(F)CC2)c1C(=O)Nc1cccc(S(C)(=N)=O)c1. The number of nitrogens with zero attached hydrogens (tertiary/aromatic N) is 2. The van der Waals surface area contributed by atoms with Crippen molar-refractivity contribution in [1.82, 2.24) is 4.98 Å². The van der Waals surface area contributed by atoms with Crippen molar-refractivity contribution in [3.8, 4) is 0 Å². The van der Waals surface area contributed by atoms with Crippen molar-refractivity contribution in [3.63, 3.8) is 0 Å². The van der Waals surface area contributed by atoms with E-state index in [1.54, 1.807) is 0 Å². The Bertz CT molecular complexity index is 1140. The minimum Gasteiger partial charge on any atom is -0.355 e. The molecular formula is C20H21F5N4O2S. The lowest BCUT2D eigenvalue weighted by Gasteiger charge is -2.34. The number of alkyl halides is 5. The molecule has 3 rings (SSSR count). The molecule has 0 radical (unpaired) electrons. The van der Waals surface area contributed by atoms with Gasteiger partial charge in [-0.1, -0.05) is 6.07 Å². The highest BCUT2D eigenvalue weighted by Crippen LogP contribution is 2.37. The van der Waals surface area contributed by atoms with E-state index in [9.17, 15) is 31.0 Å². The average Bonchev–Trinajstić information content (AvgIpc) is 2.66. The number of anilines is 2. The van der Waals surface area contributed by atoms with Gasteiger partial charge in [0.1, 0.15) is 5.82 Å². The number of amides is 1. The van der Waals surface area contributed by atoms with Crippen LogP contribution in [0.2, 0.25) is 0 Å². The van der Waals surface area contributed by atoms with Crippen molar-refractivity contribution in [2.45, 2.75) is 36.8 Å². The summed E-state index contributed by atoms with van der Waals surface area (Å²) in [7, 11) is -3.09. The van der Waals surface area contributed by atoms with E-state index < -0.39 is 46.1 Å². The number of nitrogens with one attached hydrogen (secondary N) is 2. The highest BCUT2D eigenvalue weighted by atomic mass is 32.2. The maximum Gasteiger partial charge on any atom is 0.418 e. The summed E-state index contributed by atoms with van der Waals surface area (Å²) in [5.41, 5.74) is -1.74. The van der Waals surface area contributed by atoms with E-state index in [0.717, 1.165) is 6.92 Å². The first-order chi connectivity index (χ1) is 14.7. The Labute approximate surface area is 181 Å². The molecule has 1 atom stereocenters. The smallest absolute Gasteiger partial charge is 0.355 e. The van der Waals surface area contributed by atoms with Gasteiger partial charge in [-0.15, -0.1) is 0 Å². The molecule has 1 aromatic heterocycles. The first-order valence-electron chi connectivity index (χ1n) is 9.54. The zero-order valence-electron chi connectivity index (χ0n) is 17.2. The Hall–Kier alpha value is -2.76. The molecule has 2 heterocycles. The van der Waals surface area contributed by atoms with E-state index in [1.807, 2.05) is 0 Å². The highest BCUT2D eigenvalue weighted by molar-refractivity contribution is 7.91. The maximum atomic E-state index is 13.6. The van der Waals surface area contributed by atoms with Crippen molar-refractivity contribution in [2.75, 3.05) is 29.6 Å². The standard InChI is InChI=1S/C20H21F5N4O2S/c1-12-15(20(23,24)25)11-27-17(29-8-6-19(21,22)7-9-29)16(12)18(30)28-13-4-3-5-14(10-13)32(2,26)31/h3-5,10-11,26H,6-9H2,1-2H3,(H,28,30). The molecule has 2 aromatic rings. The van der Waals surface area contributed by atoms with Crippen molar-refractivity contribution >= 4 is 27.1 Å². The van der Waals surface area contributed by atoms with E-state index in [-0.39, 0.29) is 40.6 Å². The Kier molecular flexibility index (Phi) is 6.20. The van der Waals surface area contributed by atoms with Gasteiger partial charge in [0.05, 0.1) is 20.9 Å². The van der Waals surface area contributed by atoms with Crippen molar-refractivity contribution in [1.29, 1.82) is 4.78 Å². The van der Waals surface area contributed by atoms with Crippen LogP contribution in [0.4, 0.5) is 33.5 Å². The van der Waals surface area contributed by atoms with Crippen LogP contribution in [-0.2, 0) is 15.9 Å². The summed E-state index contributed by atoms with van der Waals surface area (Å²) in [6, 6.07) is 5.61. The average molecular weight is 476 g/mol. The van der Waals surface area contributed by atoms with Gasteiger partial charge < -0.3 is 10.2 Å². The molecule has 1 amide bonds. The van der Waals surface area contributed by atoms with Crippen LogP contribution in [0.1, 0.15) is 34.3 Å². The number of benzene rings is 1. The molecule has 1 saturated heterocycles. The van der Waals surface area contributed by atoms with Crippen LogP contribution in [0.15, 0.2) is 35.4 Å². The number of carbonyl (C=O) groups is 1. The summed E-state index contributed by atoms with van der Waals surface area (Å²) in [5.74, 6) is -3.92. The summed E-state index contributed by atoms with van der Waals surface area (Å²) >= 11 is 0. The molecule has 1 aromatic carbocycles. The summed E-state index contributed by atoms with van der Waals surface area (Å²) in [4.78, 5) is 18.4. The molecule has 1 fully saturated rings. The van der Waals surface area contributed by atoms with Crippen LogP contribution >= 0.6 is 0 Å². The molecule has 1 aliphatic rings. The third-order valence-corrected chi connectivity index (χ3v) is 6.34. The van der Waals surface area contributed by atoms with E-state index in [2.05, 4.69) is 10.3 Å². The zero-order chi connectivity index (χ0) is 23.9. The van der Waals surface area contributed by atoms with Crippen molar-refractivity contribution < 1.29 is 31.0 Å². The summed E-state index contributed by atoms with van der Waals surface area (Å²) in [6.07, 6.45) is -3.99. The topological polar surface area (TPSA) is 86.2 Å². The van der Waals surface area contributed by atoms with E-state index in [4.69, 9.17) is 4.78 Å². The van der Waals surface area contributed by atoms with Crippen LogP contribution in [0.25, 0.3) is 0 Å². The minimum atomic E-state index is -4.77. The third-order valence-electron chi connectivity index (χ3n) is 5.19. The highest BCUT2D eigenvalue weighted by Gasteiger charge is 2.39. The second kappa shape index (κ2) is 8.30. The van der Waals surface area contributed by atoms with Crippen LogP contribution in [0.3, 0.4) is 0 Å². The monoisotopic (exact) mass is 476 g/mol. The third kappa shape index (κ3) is 5.17. The number of aromatic nitrogens is 1. The maximum absolute atomic E-state index is 13.6. The number of pyridine rings is 1. The lowest BCUT2D eigenvalue weighted by molar-refractivity contribution is -0.138. The fourth-order valence-electron chi connectivity index (χ4n) is 3.44. The summed E-state index contributed by atoms with van der Waals surface area (Å²) < 4.78 is 87.1. The Morgan fingerprint density at radius 2 is 1.88 bits per heavy atom. The van der Waals surface area contributed by atoms with Crippen LogP contribution < -0.4 is 10.2 Å². The molecule has 174 valence electrons. The van der Waals surface area contributed by atoms with Gasteiger partial charge in [-0.3, -0.25) is 4.79 Å². The van der Waals surface area contributed by atoms with Crippen molar-refractivity contribution in [3.05, 3.63) is 47.2 Å². The fraction of sp³-hybridized carbons (Fsp3) is 0.400. The van der Waals surface area contributed by atoms with E-state index in [0.29, 0.717) is 6.20 Å². The molecule has 2 N–H and O–H groups in total. The second-order valence-corrected chi connectivity index (χ2v) is 9.82. The lowest BCUT2D eigenvalue weighted by Crippen LogP contribution is -2.41. The predicted molar refractivity (Wildman–Crippen MR) is 110 cm³/mol. The molecule has 32 heavy (non-hydrogen) atoms. The molecule has 0 aliphatic carbocycles. The number of hydrogen-bond donors (Lipinski definition) is 2. The summed E-state index contributed by atoms with van der Waals surface area (Å²) in [5, 5.41) is 2.46. The Morgan fingerprint density at radius 1 is 1.25 bits per heavy atom. The van der Waals surface area contributed by atoms with Gasteiger partial charge in [-0.2, -0.15) is 13.2 Å². The molecule has 6 nitrogen and oxygen atoms in total. The number of piperidine rings is 1. The Balaban J connectivity index is 2.03. The first-order valence-corrected chi connectivity index (χ1v) is 11.5. The molecule has 1 aliphatic heterocycles. The first kappa shape index (κ1) is 23.9. The molecule has 1 unspecified atom stereocenters. The lowest BCUT2D eigenvalue weighted by atomic mass is 10.0. The predicted octanol–water partition coefficient (Wildman–Crippen LogP) is 4.93. The summed E-state index contributed by atoms with van der Waals surface area (Å²) in [6.45, 7) is 0.787. The van der Waals surface area contributed by atoms with Crippen LogP contribution in [0.5, 0.6) is 0 Å². The molecule has 0 bridgehead atoms. The second-order valence-electron chi connectivity index (χ2n) is 7.66. The van der Waals surface area contributed by atoms with Gasteiger partial charge in [0, 0.05) is 49.0 Å². The van der Waals surface area contributed by atoms with Gasteiger partial charge in [0.15, 0.2) is 0 Å². The quantitative estimate of drug-likeness (QED) is 0.613. The van der Waals surface area contributed by atoms with Gasteiger partial charge in [-0.05, 0) is 30.7 Å². The van der Waals surface area contributed by atoms with Crippen LogP contribution in [-0.4, -0.2) is 40.4 Å². The zero-order valence-corrected chi connectivity index (χ0v) is 18.0. The number of halogens is 5. The molecular weight excluding hydrogens is 455 g/mol. The minimum absolute atomic E-state index is 0.112. The van der Waals surface area contributed by atoms with Gasteiger partial charge in [0.2, 0.25) is 0 Å². The van der Waals surface area contributed by atoms with Crippen LogP contribution in [0, 0.1) is 11.7 Å². The number of hydrogen-bond acceptors (Lipinski definition) is 5. The van der Waals surface area contributed by atoms with Gasteiger partial charge in [-0.25, -0.2) is 22.8 Å². The Morgan fingerprint density at radius 3 is 2.44 bits per heavy atom. The van der Waals surface area contributed by atoms with E-state index in [1.165, 1.54) is 35.4 Å². The molecule has 0 saturated carbocycles. The largest absolute Gasteiger partial charge is 0.418 e.